The topological polar surface area (TPSA) is 46.6 Å². The maximum absolute atomic E-state index is 13.1. The van der Waals surface area contributed by atoms with E-state index in [1.54, 1.807) is 14.1 Å². The average Bonchev–Trinajstić information content (AvgIpc) is 2.64. The van der Waals surface area contributed by atoms with Crippen LogP contribution >= 0.6 is 0 Å². The van der Waals surface area contributed by atoms with E-state index < -0.39 is 30.0 Å². The van der Waals surface area contributed by atoms with E-state index in [0.717, 1.165) is 7.11 Å². The van der Waals surface area contributed by atoms with Crippen LogP contribution in [-0.2, 0) is 14.3 Å². The van der Waals surface area contributed by atoms with Gasteiger partial charge in [0.1, 0.15) is 5.57 Å². The largest absolute Gasteiger partial charge is 0.465 e. The molecular formula is C12H17F2NO3. The van der Waals surface area contributed by atoms with Gasteiger partial charge in [-0.1, -0.05) is 0 Å². The van der Waals surface area contributed by atoms with Crippen molar-refractivity contribution in [2.24, 2.45) is 5.92 Å². The second kappa shape index (κ2) is 5.46. The summed E-state index contributed by atoms with van der Waals surface area (Å²) < 4.78 is 30.6. The molecular weight excluding hydrogens is 244 g/mol. The molecule has 0 aromatic carbocycles. The summed E-state index contributed by atoms with van der Waals surface area (Å²) in [5, 5.41) is 0. The number of halogens is 2. The van der Waals surface area contributed by atoms with Crippen molar-refractivity contribution >= 4 is 11.8 Å². The van der Waals surface area contributed by atoms with E-state index in [1.807, 2.05) is 0 Å². The predicted molar refractivity (Wildman–Crippen MR) is 61.1 cm³/mol. The minimum atomic E-state index is -2.81. The number of methoxy groups -OCH3 is 1. The third-order valence-electron chi connectivity index (χ3n) is 2.83. The van der Waals surface area contributed by atoms with Crippen molar-refractivity contribution in [2.75, 3.05) is 21.2 Å². The summed E-state index contributed by atoms with van der Waals surface area (Å²) in [4.78, 5) is 25.0. The number of carbonyl (C=O) groups is 2. The van der Waals surface area contributed by atoms with Gasteiger partial charge in [-0.2, -0.15) is 0 Å². The normalized spacial score (nSPS) is 22.7. The van der Waals surface area contributed by atoms with E-state index in [-0.39, 0.29) is 18.4 Å². The Balaban J connectivity index is 2.88. The number of ether oxygens (including phenoxy) is 1. The van der Waals surface area contributed by atoms with Crippen LogP contribution in [0, 0.1) is 5.92 Å². The van der Waals surface area contributed by atoms with Gasteiger partial charge in [-0.15, -0.1) is 0 Å². The Morgan fingerprint density at radius 3 is 2.39 bits per heavy atom. The predicted octanol–water partition coefficient (Wildman–Crippen LogP) is 1.61. The summed E-state index contributed by atoms with van der Waals surface area (Å²) in [6.07, 6.45) is 0.617. The van der Waals surface area contributed by atoms with Crippen molar-refractivity contribution < 1.29 is 23.1 Å². The summed E-state index contributed by atoms with van der Waals surface area (Å²) in [6, 6.07) is 0. The zero-order chi connectivity index (χ0) is 13.9. The fourth-order valence-electron chi connectivity index (χ4n) is 1.98. The molecule has 1 fully saturated rings. The molecule has 0 aliphatic heterocycles. The number of ketones is 1. The molecule has 1 saturated carbocycles. The number of hydrogen-bond donors (Lipinski definition) is 0. The van der Waals surface area contributed by atoms with E-state index in [2.05, 4.69) is 4.74 Å². The molecule has 18 heavy (non-hydrogen) atoms. The van der Waals surface area contributed by atoms with Crippen LogP contribution in [0.1, 0.15) is 19.3 Å². The first-order valence-corrected chi connectivity index (χ1v) is 5.65. The van der Waals surface area contributed by atoms with Crippen LogP contribution in [-0.4, -0.2) is 43.8 Å². The fraction of sp³-hybridized carbons (Fsp3) is 0.667. The Labute approximate surface area is 105 Å². The first-order chi connectivity index (χ1) is 8.26. The van der Waals surface area contributed by atoms with Crippen molar-refractivity contribution in [3.63, 3.8) is 0 Å². The summed E-state index contributed by atoms with van der Waals surface area (Å²) in [7, 11) is 4.43. The van der Waals surface area contributed by atoms with Gasteiger partial charge in [0, 0.05) is 39.1 Å². The molecule has 1 unspecified atom stereocenters. The van der Waals surface area contributed by atoms with Crippen LogP contribution in [0.4, 0.5) is 8.78 Å². The minimum Gasteiger partial charge on any atom is -0.465 e. The maximum atomic E-state index is 13.1. The number of carbonyl (C=O) groups excluding carboxylic acids is 2. The van der Waals surface area contributed by atoms with E-state index >= 15 is 0 Å². The van der Waals surface area contributed by atoms with Gasteiger partial charge >= 0.3 is 5.97 Å². The number of alkyl halides is 2. The van der Waals surface area contributed by atoms with Gasteiger partial charge in [0.15, 0.2) is 5.78 Å². The van der Waals surface area contributed by atoms with E-state index in [0.29, 0.717) is 0 Å². The number of hydrogen-bond acceptors (Lipinski definition) is 4. The summed E-state index contributed by atoms with van der Waals surface area (Å²) >= 11 is 0. The Kier molecular flexibility index (Phi) is 4.43. The first kappa shape index (κ1) is 14.6. The first-order valence-electron chi connectivity index (χ1n) is 5.65. The van der Waals surface area contributed by atoms with Crippen LogP contribution in [0.15, 0.2) is 11.8 Å². The Morgan fingerprint density at radius 1 is 1.39 bits per heavy atom. The number of rotatable bonds is 4. The molecule has 0 N–H and O–H groups in total. The average molecular weight is 261 g/mol. The van der Waals surface area contributed by atoms with E-state index in [4.69, 9.17) is 0 Å². The lowest BCUT2D eigenvalue weighted by molar-refractivity contribution is -0.138. The zero-order valence-corrected chi connectivity index (χ0v) is 10.7. The minimum absolute atomic E-state index is 0.105. The lowest BCUT2D eigenvalue weighted by Gasteiger charge is -2.13. The summed E-state index contributed by atoms with van der Waals surface area (Å²) in [5.41, 5.74) is -0.176. The van der Waals surface area contributed by atoms with Crippen LogP contribution in [0.5, 0.6) is 0 Å². The highest BCUT2D eigenvalue weighted by atomic mass is 19.3. The Hall–Kier alpha value is -1.46. The monoisotopic (exact) mass is 261 g/mol. The quantitative estimate of drug-likeness (QED) is 0.334. The Morgan fingerprint density at radius 2 is 2.00 bits per heavy atom. The molecule has 1 rings (SSSR count). The molecule has 0 heterocycles. The number of Topliss-reactive ketones (excluding diaryl/α,β-unsaturated/α-hetero) is 1. The van der Waals surface area contributed by atoms with Gasteiger partial charge in [0.05, 0.1) is 7.11 Å². The molecule has 0 saturated heterocycles. The third kappa shape index (κ3) is 3.51. The van der Waals surface area contributed by atoms with Gasteiger partial charge in [-0.3, -0.25) is 4.79 Å². The highest BCUT2D eigenvalue weighted by Crippen LogP contribution is 2.40. The van der Waals surface area contributed by atoms with Crippen LogP contribution in [0.2, 0.25) is 0 Å². The highest BCUT2D eigenvalue weighted by Gasteiger charge is 2.44. The van der Waals surface area contributed by atoms with Crippen LogP contribution in [0.3, 0.4) is 0 Å². The molecule has 0 amide bonds. The number of nitrogens with zero attached hydrogens (tertiary/aromatic N) is 1. The fourth-order valence-corrected chi connectivity index (χ4v) is 1.98. The number of esters is 1. The molecule has 4 nitrogen and oxygen atoms in total. The summed E-state index contributed by atoms with van der Waals surface area (Å²) in [5.74, 6) is -4.96. The molecule has 0 aromatic rings. The Bertz CT molecular complexity index is 378. The summed E-state index contributed by atoms with van der Waals surface area (Å²) in [6.45, 7) is 0. The molecule has 0 bridgehead atoms. The second-order valence-electron chi connectivity index (χ2n) is 4.66. The second-order valence-corrected chi connectivity index (χ2v) is 4.66. The van der Waals surface area contributed by atoms with Crippen molar-refractivity contribution in [1.82, 2.24) is 4.90 Å². The van der Waals surface area contributed by atoms with E-state index in [9.17, 15) is 18.4 Å². The van der Waals surface area contributed by atoms with Gasteiger partial charge in [-0.25, -0.2) is 13.6 Å². The maximum Gasteiger partial charge on any atom is 0.342 e. The van der Waals surface area contributed by atoms with Crippen molar-refractivity contribution in [3.8, 4) is 0 Å². The van der Waals surface area contributed by atoms with Crippen molar-refractivity contribution in [3.05, 3.63) is 11.8 Å². The molecule has 0 aromatic heterocycles. The van der Waals surface area contributed by atoms with Crippen LogP contribution < -0.4 is 0 Å². The van der Waals surface area contributed by atoms with Gasteiger partial charge < -0.3 is 9.64 Å². The molecule has 0 radical (unpaired) electrons. The van der Waals surface area contributed by atoms with Gasteiger partial charge in [-0.05, 0) is 6.42 Å². The molecule has 1 aliphatic carbocycles. The van der Waals surface area contributed by atoms with E-state index in [1.165, 1.54) is 11.1 Å². The van der Waals surface area contributed by atoms with Crippen molar-refractivity contribution in [2.45, 2.75) is 25.2 Å². The highest BCUT2D eigenvalue weighted by molar-refractivity contribution is 6.18. The van der Waals surface area contributed by atoms with Gasteiger partial charge in [0.2, 0.25) is 5.92 Å². The van der Waals surface area contributed by atoms with Crippen molar-refractivity contribution in [1.29, 1.82) is 0 Å². The van der Waals surface area contributed by atoms with Gasteiger partial charge in [0.25, 0.3) is 0 Å². The lowest BCUT2D eigenvalue weighted by atomic mass is 9.96. The smallest absolute Gasteiger partial charge is 0.342 e. The molecule has 6 heteroatoms. The molecule has 0 spiro atoms. The molecule has 102 valence electrons. The molecule has 1 aliphatic rings. The standard InChI is InChI=1S/C12H17F2NO3/c1-15(2)7-9(11(17)18-3)10(16)8-4-5-12(13,14)6-8/h7-8H,4-6H2,1-3H3. The molecule has 1 atom stereocenters. The lowest BCUT2D eigenvalue weighted by Crippen LogP contribution is -2.24. The SMILES string of the molecule is COC(=O)C(=CN(C)C)C(=O)C1CCC(F)(F)C1. The third-order valence-corrected chi connectivity index (χ3v) is 2.83. The zero-order valence-electron chi connectivity index (χ0n) is 10.7. The van der Waals surface area contributed by atoms with Crippen LogP contribution in [0.25, 0.3) is 0 Å².